The molecule has 2 rings (SSSR count). The molecule has 28 heavy (non-hydrogen) atoms. The molecule has 0 bridgehead atoms. The Balaban J connectivity index is 2.19. The Labute approximate surface area is 173 Å². The molecule has 150 valence electrons. The van der Waals surface area contributed by atoms with Crippen LogP contribution in [-0.4, -0.2) is 11.0 Å². The van der Waals surface area contributed by atoms with Gasteiger partial charge in [-0.2, -0.15) is 0 Å². The standard InChI is InChI=1S/C24H30ClNO2/c1-23(2,3)19-13-17(14-20(22(19)28)24(4,5)6)15-26-21(27)12-9-16-7-10-18(25)11-8-16/h7-14,28H,15H2,1-6H3,(H,26,27). The molecule has 0 aliphatic rings. The van der Waals surface area contributed by atoms with Gasteiger partial charge in [-0.1, -0.05) is 65.3 Å². The van der Waals surface area contributed by atoms with Gasteiger partial charge in [-0.15, -0.1) is 0 Å². The van der Waals surface area contributed by atoms with E-state index < -0.39 is 0 Å². The molecule has 0 fully saturated rings. The maximum atomic E-state index is 12.2. The molecule has 2 N–H and O–H groups in total. The van der Waals surface area contributed by atoms with E-state index in [1.54, 1.807) is 18.2 Å². The molecular formula is C24H30ClNO2. The Hall–Kier alpha value is -2.26. The first kappa shape index (κ1) is 22.0. The van der Waals surface area contributed by atoms with Crippen molar-refractivity contribution in [3.63, 3.8) is 0 Å². The van der Waals surface area contributed by atoms with Crippen molar-refractivity contribution in [3.05, 3.63) is 69.8 Å². The SMILES string of the molecule is CC(C)(C)c1cc(CNC(=O)C=Cc2ccc(Cl)cc2)cc(C(C)(C)C)c1O. The van der Waals surface area contributed by atoms with Crippen LogP contribution in [0.25, 0.3) is 6.08 Å². The van der Waals surface area contributed by atoms with Gasteiger partial charge >= 0.3 is 0 Å². The maximum Gasteiger partial charge on any atom is 0.244 e. The topological polar surface area (TPSA) is 49.3 Å². The van der Waals surface area contributed by atoms with E-state index in [2.05, 4.69) is 46.9 Å². The van der Waals surface area contributed by atoms with Crippen LogP contribution in [-0.2, 0) is 22.2 Å². The zero-order valence-electron chi connectivity index (χ0n) is 17.6. The second kappa shape index (κ2) is 8.40. The number of aromatic hydroxyl groups is 1. The fraction of sp³-hybridized carbons (Fsp3) is 0.375. The van der Waals surface area contributed by atoms with Crippen LogP contribution in [0.2, 0.25) is 5.02 Å². The summed E-state index contributed by atoms with van der Waals surface area (Å²) in [5, 5.41) is 14.4. The highest BCUT2D eigenvalue weighted by Crippen LogP contribution is 2.39. The zero-order valence-corrected chi connectivity index (χ0v) is 18.3. The molecule has 0 saturated heterocycles. The maximum absolute atomic E-state index is 12.2. The van der Waals surface area contributed by atoms with Crippen LogP contribution in [0.3, 0.4) is 0 Å². The highest BCUT2D eigenvalue weighted by atomic mass is 35.5. The monoisotopic (exact) mass is 399 g/mol. The van der Waals surface area contributed by atoms with E-state index in [-0.39, 0.29) is 16.7 Å². The van der Waals surface area contributed by atoms with Crippen molar-refractivity contribution < 1.29 is 9.90 Å². The minimum atomic E-state index is -0.196. The predicted octanol–water partition coefficient (Wildman–Crippen LogP) is 5.97. The van der Waals surface area contributed by atoms with Gasteiger partial charge in [0.15, 0.2) is 0 Å². The van der Waals surface area contributed by atoms with Gasteiger partial charge in [0.1, 0.15) is 5.75 Å². The quantitative estimate of drug-likeness (QED) is 0.622. The second-order valence-electron chi connectivity index (χ2n) is 9.14. The molecule has 2 aromatic rings. The summed E-state index contributed by atoms with van der Waals surface area (Å²) in [6.07, 6.45) is 3.27. The first-order valence-corrected chi connectivity index (χ1v) is 9.84. The third-order valence-corrected chi connectivity index (χ3v) is 4.80. The molecule has 0 spiro atoms. The van der Waals surface area contributed by atoms with E-state index in [9.17, 15) is 9.90 Å². The summed E-state index contributed by atoms with van der Waals surface area (Å²) in [5.74, 6) is 0.176. The molecule has 0 aliphatic heterocycles. The number of benzene rings is 2. The summed E-state index contributed by atoms with van der Waals surface area (Å²) < 4.78 is 0. The minimum Gasteiger partial charge on any atom is -0.507 e. The first-order chi connectivity index (χ1) is 12.9. The number of amides is 1. The normalized spacial score (nSPS) is 12.4. The lowest BCUT2D eigenvalue weighted by Crippen LogP contribution is -2.22. The predicted molar refractivity (Wildman–Crippen MR) is 118 cm³/mol. The summed E-state index contributed by atoms with van der Waals surface area (Å²) in [6, 6.07) is 11.3. The van der Waals surface area contributed by atoms with Crippen LogP contribution >= 0.6 is 11.6 Å². The molecule has 0 atom stereocenters. The molecule has 0 aliphatic carbocycles. The average Bonchev–Trinajstić information content (AvgIpc) is 2.58. The number of carbonyl (C=O) groups is 1. The number of nitrogens with one attached hydrogen (secondary N) is 1. The van der Waals surface area contributed by atoms with E-state index in [0.717, 1.165) is 22.3 Å². The lowest BCUT2D eigenvalue weighted by atomic mass is 9.78. The van der Waals surface area contributed by atoms with Gasteiger partial charge in [-0.25, -0.2) is 0 Å². The average molecular weight is 400 g/mol. The number of rotatable bonds is 4. The van der Waals surface area contributed by atoms with Gasteiger partial charge in [0.05, 0.1) is 0 Å². The van der Waals surface area contributed by atoms with Crippen molar-refractivity contribution in [1.29, 1.82) is 0 Å². The third-order valence-electron chi connectivity index (χ3n) is 4.55. The van der Waals surface area contributed by atoms with E-state index in [1.165, 1.54) is 6.08 Å². The van der Waals surface area contributed by atoms with E-state index in [4.69, 9.17) is 11.6 Å². The number of hydrogen-bond donors (Lipinski definition) is 2. The highest BCUT2D eigenvalue weighted by Gasteiger charge is 2.26. The molecule has 0 saturated carbocycles. The molecule has 0 heterocycles. The summed E-state index contributed by atoms with van der Waals surface area (Å²) in [6.45, 7) is 12.8. The Bertz CT molecular complexity index is 834. The van der Waals surface area contributed by atoms with E-state index in [1.807, 2.05) is 24.3 Å². The van der Waals surface area contributed by atoms with Crippen LogP contribution in [0, 0.1) is 0 Å². The highest BCUT2D eigenvalue weighted by molar-refractivity contribution is 6.30. The third kappa shape index (κ3) is 5.87. The molecule has 3 nitrogen and oxygen atoms in total. The lowest BCUT2D eigenvalue weighted by Gasteiger charge is -2.28. The molecule has 2 aromatic carbocycles. The molecule has 1 amide bonds. The van der Waals surface area contributed by atoms with Crippen LogP contribution in [0.4, 0.5) is 0 Å². The van der Waals surface area contributed by atoms with Crippen molar-refractivity contribution in [1.82, 2.24) is 5.32 Å². The Morgan fingerprint density at radius 1 is 1.00 bits per heavy atom. The molecule has 4 heteroatoms. The van der Waals surface area contributed by atoms with Gasteiger partial charge in [0, 0.05) is 17.6 Å². The van der Waals surface area contributed by atoms with Gasteiger partial charge in [-0.3, -0.25) is 4.79 Å². The van der Waals surface area contributed by atoms with Crippen LogP contribution < -0.4 is 5.32 Å². The number of hydrogen-bond acceptors (Lipinski definition) is 2. The molecule has 0 radical (unpaired) electrons. The largest absolute Gasteiger partial charge is 0.507 e. The van der Waals surface area contributed by atoms with Crippen LogP contribution in [0.5, 0.6) is 5.75 Å². The van der Waals surface area contributed by atoms with Gasteiger partial charge in [0.25, 0.3) is 0 Å². The fourth-order valence-electron chi connectivity index (χ4n) is 2.93. The van der Waals surface area contributed by atoms with Crippen LogP contribution in [0.1, 0.15) is 63.8 Å². The van der Waals surface area contributed by atoms with Crippen molar-refractivity contribution >= 4 is 23.6 Å². The first-order valence-electron chi connectivity index (χ1n) is 9.46. The molecule has 0 aromatic heterocycles. The van der Waals surface area contributed by atoms with Gasteiger partial charge in [0.2, 0.25) is 5.91 Å². The van der Waals surface area contributed by atoms with E-state index >= 15 is 0 Å². The number of phenolic OH excluding ortho intramolecular Hbond substituents is 1. The summed E-state index contributed by atoms with van der Waals surface area (Å²) in [7, 11) is 0. The smallest absolute Gasteiger partial charge is 0.244 e. The van der Waals surface area contributed by atoms with Gasteiger partial charge < -0.3 is 10.4 Å². The van der Waals surface area contributed by atoms with Crippen molar-refractivity contribution in [3.8, 4) is 5.75 Å². The molecule has 0 unspecified atom stereocenters. The Morgan fingerprint density at radius 2 is 1.50 bits per heavy atom. The zero-order chi connectivity index (χ0) is 21.1. The summed E-state index contributed by atoms with van der Waals surface area (Å²) >= 11 is 5.87. The van der Waals surface area contributed by atoms with Gasteiger partial charge in [-0.05, 0) is 63.4 Å². The van der Waals surface area contributed by atoms with Crippen molar-refractivity contribution in [2.45, 2.75) is 58.9 Å². The number of phenols is 1. The van der Waals surface area contributed by atoms with Crippen molar-refractivity contribution in [2.75, 3.05) is 0 Å². The minimum absolute atomic E-state index is 0.169. The van der Waals surface area contributed by atoms with Crippen LogP contribution in [0.15, 0.2) is 42.5 Å². The Morgan fingerprint density at radius 3 is 1.96 bits per heavy atom. The summed E-state index contributed by atoms with van der Waals surface area (Å²) in [4.78, 5) is 12.2. The summed E-state index contributed by atoms with van der Waals surface area (Å²) in [5.41, 5.74) is 3.27. The van der Waals surface area contributed by atoms with E-state index in [0.29, 0.717) is 17.3 Å². The Kier molecular flexibility index (Phi) is 6.61. The molecular weight excluding hydrogens is 370 g/mol. The number of halogens is 1. The number of carbonyl (C=O) groups excluding carboxylic acids is 1. The second-order valence-corrected chi connectivity index (χ2v) is 9.58. The fourth-order valence-corrected chi connectivity index (χ4v) is 3.06. The lowest BCUT2D eigenvalue weighted by molar-refractivity contribution is -0.116. The van der Waals surface area contributed by atoms with Crippen molar-refractivity contribution in [2.24, 2.45) is 0 Å².